The third-order valence-electron chi connectivity index (χ3n) is 5.90. The van der Waals surface area contributed by atoms with Crippen molar-refractivity contribution in [3.8, 4) is 0 Å². The average Bonchev–Trinajstić information content (AvgIpc) is 2.80. The Balaban J connectivity index is 1.60. The zero-order valence-corrected chi connectivity index (χ0v) is 20.0. The first-order valence-electron chi connectivity index (χ1n) is 10.8. The molecule has 0 saturated carbocycles. The van der Waals surface area contributed by atoms with E-state index in [0.29, 0.717) is 23.8 Å². The summed E-state index contributed by atoms with van der Waals surface area (Å²) in [6.45, 7) is 2.17. The molecule has 1 N–H and O–H groups in total. The highest BCUT2D eigenvalue weighted by Gasteiger charge is 2.40. The molecule has 0 amide bonds. The molecule has 1 atom stereocenters. The first kappa shape index (κ1) is 24.8. The smallest absolute Gasteiger partial charge is 0.364 e. The highest BCUT2D eigenvalue weighted by atomic mass is 35.5. The van der Waals surface area contributed by atoms with Gasteiger partial charge in [0.25, 0.3) is 5.79 Å². The number of carbonyl (C=O) groups excluding carboxylic acids is 1. The van der Waals surface area contributed by atoms with E-state index in [4.69, 9.17) is 21.1 Å². The predicted octanol–water partition coefficient (Wildman–Crippen LogP) is 6.05. The normalized spacial score (nSPS) is 21.8. The lowest BCUT2D eigenvalue weighted by molar-refractivity contribution is -0.271. The van der Waals surface area contributed by atoms with Crippen LogP contribution in [0.25, 0.3) is 0 Å². The molecule has 1 aliphatic heterocycles. The number of carboxylic acid groups (broad SMARTS) is 1. The van der Waals surface area contributed by atoms with Crippen LogP contribution in [0.4, 0.5) is 0 Å². The molecule has 0 radical (unpaired) electrons. The summed E-state index contributed by atoms with van der Waals surface area (Å²) in [6.07, 6.45) is 5.42. The maximum Gasteiger partial charge on any atom is 0.364 e. The molecule has 172 valence electrons. The number of hydrogen-bond acceptors (Lipinski definition) is 5. The maximum absolute atomic E-state index is 13.3. The SMILES string of the molecule is CSc1ccc(C(CCCCC2COC(C)(C(=O)O)OC2)C(=O)c2ccc(Cl)cc2)cc1. The number of hydrogen-bond donors (Lipinski definition) is 1. The van der Waals surface area contributed by atoms with Gasteiger partial charge in [0.2, 0.25) is 0 Å². The van der Waals surface area contributed by atoms with E-state index in [-0.39, 0.29) is 17.6 Å². The Morgan fingerprint density at radius 3 is 2.28 bits per heavy atom. The molecule has 5 nitrogen and oxygen atoms in total. The highest BCUT2D eigenvalue weighted by Crippen LogP contribution is 2.30. The molecular weight excluding hydrogens is 448 g/mol. The lowest BCUT2D eigenvalue weighted by Gasteiger charge is -2.34. The molecule has 0 spiro atoms. The molecule has 1 unspecified atom stereocenters. The van der Waals surface area contributed by atoms with Gasteiger partial charge in [-0.05, 0) is 61.1 Å². The molecule has 1 saturated heterocycles. The molecule has 3 rings (SSSR count). The summed E-state index contributed by atoms with van der Waals surface area (Å²) in [5.74, 6) is -2.61. The summed E-state index contributed by atoms with van der Waals surface area (Å²) >= 11 is 7.67. The number of ether oxygens (including phenoxy) is 2. The summed E-state index contributed by atoms with van der Waals surface area (Å²) in [5.41, 5.74) is 1.68. The standard InChI is InChI=1S/C25H29ClO5S/c1-25(24(28)29)30-15-17(16-31-25)5-3-4-6-22(18-9-13-21(32-2)14-10-18)23(27)19-7-11-20(26)12-8-19/h7-14,17,22H,3-6,15-16H2,1-2H3,(H,28,29). The molecule has 1 fully saturated rings. The van der Waals surface area contributed by atoms with Crippen molar-refractivity contribution < 1.29 is 24.2 Å². The fraction of sp³-hybridized carbons (Fsp3) is 0.440. The van der Waals surface area contributed by atoms with Crippen molar-refractivity contribution in [2.75, 3.05) is 19.5 Å². The van der Waals surface area contributed by atoms with Crippen LogP contribution in [0.5, 0.6) is 0 Å². The van der Waals surface area contributed by atoms with Crippen LogP contribution in [0.15, 0.2) is 53.4 Å². The lowest BCUT2D eigenvalue weighted by Crippen LogP contribution is -2.47. The summed E-state index contributed by atoms with van der Waals surface area (Å²) in [7, 11) is 0. The minimum absolute atomic E-state index is 0.0973. The second kappa shape index (κ2) is 11.3. The molecular formula is C25H29ClO5S. The van der Waals surface area contributed by atoms with E-state index in [1.165, 1.54) is 6.92 Å². The van der Waals surface area contributed by atoms with Gasteiger partial charge in [-0.1, -0.05) is 36.6 Å². The third kappa shape index (κ3) is 6.35. The Bertz CT molecular complexity index is 905. The number of ketones is 1. The Labute approximate surface area is 198 Å². The van der Waals surface area contributed by atoms with Crippen LogP contribution in [-0.4, -0.2) is 42.1 Å². The van der Waals surface area contributed by atoms with Gasteiger partial charge in [0, 0.05) is 34.2 Å². The van der Waals surface area contributed by atoms with Crippen molar-refractivity contribution in [2.24, 2.45) is 5.92 Å². The average molecular weight is 477 g/mol. The Morgan fingerprint density at radius 2 is 1.72 bits per heavy atom. The van der Waals surface area contributed by atoms with E-state index in [1.807, 2.05) is 18.4 Å². The first-order valence-corrected chi connectivity index (χ1v) is 12.4. The van der Waals surface area contributed by atoms with Crippen LogP contribution in [-0.2, 0) is 14.3 Å². The molecule has 32 heavy (non-hydrogen) atoms. The molecule has 1 aliphatic rings. The molecule has 0 aliphatic carbocycles. The number of benzene rings is 2. The van der Waals surface area contributed by atoms with Gasteiger partial charge < -0.3 is 14.6 Å². The second-order valence-corrected chi connectivity index (χ2v) is 9.54. The predicted molar refractivity (Wildman–Crippen MR) is 127 cm³/mol. The quantitative estimate of drug-likeness (QED) is 0.255. The second-order valence-electron chi connectivity index (χ2n) is 8.22. The largest absolute Gasteiger partial charge is 0.477 e. The summed E-state index contributed by atoms with van der Waals surface area (Å²) in [6, 6.07) is 15.2. The van der Waals surface area contributed by atoms with Gasteiger partial charge in [0.05, 0.1) is 13.2 Å². The Kier molecular flexibility index (Phi) is 8.77. The molecule has 7 heteroatoms. The van der Waals surface area contributed by atoms with Gasteiger partial charge in [0.15, 0.2) is 5.78 Å². The first-order chi connectivity index (χ1) is 15.3. The number of carbonyl (C=O) groups is 2. The Morgan fingerprint density at radius 1 is 1.09 bits per heavy atom. The lowest BCUT2D eigenvalue weighted by atomic mass is 9.86. The highest BCUT2D eigenvalue weighted by molar-refractivity contribution is 7.98. The zero-order valence-electron chi connectivity index (χ0n) is 18.4. The van der Waals surface area contributed by atoms with Crippen molar-refractivity contribution >= 4 is 35.1 Å². The van der Waals surface area contributed by atoms with E-state index in [0.717, 1.165) is 36.1 Å². The maximum atomic E-state index is 13.3. The number of halogens is 1. The number of Topliss-reactive ketones (excluding diaryl/α,β-unsaturated/α-hetero) is 1. The monoisotopic (exact) mass is 476 g/mol. The number of aliphatic carboxylic acids is 1. The van der Waals surface area contributed by atoms with E-state index >= 15 is 0 Å². The van der Waals surface area contributed by atoms with Crippen LogP contribution in [0.3, 0.4) is 0 Å². The van der Waals surface area contributed by atoms with Gasteiger partial charge in [-0.3, -0.25) is 4.79 Å². The van der Waals surface area contributed by atoms with Crippen molar-refractivity contribution in [2.45, 2.75) is 49.2 Å². The van der Waals surface area contributed by atoms with E-state index in [1.54, 1.807) is 36.0 Å². The molecule has 0 aromatic heterocycles. The van der Waals surface area contributed by atoms with E-state index in [2.05, 4.69) is 12.1 Å². The fourth-order valence-corrected chi connectivity index (χ4v) is 4.35. The van der Waals surface area contributed by atoms with E-state index < -0.39 is 11.8 Å². The van der Waals surface area contributed by atoms with Crippen molar-refractivity contribution in [1.29, 1.82) is 0 Å². The van der Waals surface area contributed by atoms with Crippen LogP contribution in [0, 0.1) is 5.92 Å². The molecule has 1 heterocycles. The van der Waals surface area contributed by atoms with Crippen LogP contribution < -0.4 is 0 Å². The van der Waals surface area contributed by atoms with Crippen LogP contribution in [0.2, 0.25) is 5.02 Å². The van der Waals surface area contributed by atoms with Gasteiger partial charge in [-0.2, -0.15) is 0 Å². The number of unbranched alkanes of at least 4 members (excludes halogenated alkanes) is 1. The van der Waals surface area contributed by atoms with Crippen molar-refractivity contribution in [3.63, 3.8) is 0 Å². The summed E-state index contributed by atoms with van der Waals surface area (Å²) in [4.78, 5) is 25.7. The van der Waals surface area contributed by atoms with Gasteiger partial charge in [0.1, 0.15) is 0 Å². The van der Waals surface area contributed by atoms with Crippen LogP contribution in [0.1, 0.15) is 54.4 Å². The van der Waals surface area contributed by atoms with Crippen molar-refractivity contribution in [3.05, 3.63) is 64.7 Å². The van der Waals surface area contributed by atoms with E-state index in [9.17, 15) is 14.7 Å². The molecule has 0 bridgehead atoms. The van der Waals surface area contributed by atoms with Gasteiger partial charge in [-0.25, -0.2) is 4.79 Å². The fourth-order valence-electron chi connectivity index (χ4n) is 3.82. The Hall–Kier alpha value is -1.86. The summed E-state index contributed by atoms with van der Waals surface area (Å²) < 4.78 is 10.9. The minimum atomic E-state index is -1.55. The van der Waals surface area contributed by atoms with Crippen molar-refractivity contribution in [1.82, 2.24) is 0 Å². The van der Waals surface area contributed by atoms with Crippen LogP contribution >= 0.6 is 23.4 Å². The third-order valence-corrected chi connectivity index (χ3v) is 6.89. The molecule has 2 aromatic carbocycles. The number of thioether (sulfide) groups is 1. The molecule has 2 aromatic rings. The zero-order chi connectivity index (χ0) is 23.1. The topological polar surface area (TPSA) is 72.8 Å². The number of rotatable bonds is 10. The van der Waals surface area contributed by atoms with Gasteiger partial charge >= 0.3 is 5.97 Å². The van der Waals surface area contributed by atoms with Gasteiger partial charge in [-0.15, -0.1) is 11.8 Å². The number of carboxylic acids is 1. The minimum Gasteiger partial charge on any atom is -0.477 e. The summed E-state index contributed by atoms with van der Waals surface area (Å²) in [5, 5.41) is 9.78.